The Morgan fingerprint density at radius 2 is 0.873 bits per heavy atom. The number of imide groups is 1. The smallest absolute Gasteiger partial charge is 0.312 e. The van der Waals surface area contributed by atoms with Crippen molar-refractivity contribution in [2.24, 2.45) is 11.3 Å². The summed E-state index contributed by atoms with van der Waals surface area (Å²) >= 11 is 7.12. The zero-order valence-corrected chi connectivity index (χ0v) is 91.0. The predicted molar refractivity (Wildman–Crippen MR) is 578 cm³/mol. The normalized spacial score (nSPS) is 12.2. The molecule has 788 valence electrons. The molecule has 2 N–H and O–H groups in total. The number of aryl methyl sites for hydroxylation is 4. The van der Waals surface area contributed by atoms with Gasteiger partial charge in [-0.05, 0) is 167 Å². The van der Waals surface area contributed by atoms with E-state index in [4.69, 9.17) is 75.8 Å². The number of rotatable bonds is 53. The quantitative estimate of drug-likeness (QED) is 0.0118. The molecule has 33 heteroatoms. The van der Waals surface area contributed by atoms with Gasteiger partial charge >= 0.3 is 17.9 Å². The predicted octanol–water partition coefficient (Wildman–Crippen LogP) is 18.7. The number of anilines is 2. The zero-order valence-electron chi connectivity index (χ0n) is 87.8. The lowest BCUT2D eigenvalue weighted by molar-refractivity contribution is -0.154. The largest absolute Gasteiger partial charge is 0.469 e. The maximum absolute atomic E-state index is 12.3. The summed E-state index contributed by atoms with van der Waals surface area (Å²) in [6, 6.07) is 59.0. The second-order valence-corrected chi connectivity index (χ2v) is 37.2. The molecule has 0 saturated heterocycles. The van der Waals surface area contributed by atoms with E-state index in [2.05, 4.69) is 87.8 Å². The fourth-order valence-electron chi connectivity index (χ4n) is 13.4. The van der Waals surface area contributed by atoms with Crippen molar-refractivity contribution >= 4 is 133 Å². The third-order valence-corrected chi connectivity index (χ3v) is 26.0. The van der Waals surface area contributed by atoms with Gasteiger partial charge in [0.2, 0.25) is 11.8 Å². The molecule has 5 atom stereocenters. The summed E-state index contributed by atoms with van der Waals surface area (Å²) < 4.78 is 82.8. The third-order valence-electron chi connectivity index (χ3n) is 20.9. The summed E-state index contributed by atoms with van der Waals surface area (Å²) in [5.74, 6) is 5.63. The van der Waals surface area contributed by atoms with Crippen LogP contribution in [0.2, 0.25) is 0 Å². The van der Waals surface area contributed by atoms with Gasteiger partial charge in [0.05, 0.1) is 105 Å². The Bertz CT molecular complexity index is 4810. The Kier molecular flexibility index (Phi) is 72.7. The van der Waals surface area contributed by atoms with Gasteiger partial charge in [0.1, 0.15) is 13.2 Å². The third kappa shape index (κ3) is 53.6. The van der Waals surface area contributed by atoms with Crippen LogP contribution < -0.4 is 16.1 Å². The topological polar surface area (TPSA) is 329 Å². The molecule has 0 aliphatic carbocycles. The first kappa shape index (κ1) is 129. The highest BCUT2D eigenvalue weighted by Gasteiger charge is 2.32. The molecule has 142 heavy (non-hydrogen) atoms. The number of amides is 4. The summed E-state index contributed by atoms with van der Waals surface area (Å²) in [5, 5.41) is 8.70. The van der Waals surface area contributed by atoms with E-state index in [1.807, 2.05) is 155 Å². The lowest BCUT2D eigenvalue weighted by atomic mass is 9.94. The first-order valence-electron chi connectivity index (χ1n) is 47.4. The number of hydrogen-bond donors (Lipinski definition) is 2. The minimum absolute atomic E-state index is 0.0159. The van der Waals surface area contributed by atoms with Crippen molar-refractivity contribution in [2.45, 2.75) is 145 Å². The number of pyridine rings is 2. The van der Waals surface area contributed by atoms with Crippen LogP contribution in [0, 0.1) is 18.3 Å². The fraction of sp³-hybridized carbons (Fsp3) is 0.514. The molecular formula is C109H159N5O24S4. The van der Waals surface area contributed by atoms with Crippen LogP contribution in [0.3, 0.4) is 0 Å². The molecule has 29 nitrogen and oxygen atoms in total. The Hall–Kier alpha value is -9.21. The van der Waals surface area contributed by atoms with Crippen LogP contribution in [0.1, 0.15) is 129 Å². The number of benzene rings is 7. The van der Waals surface area contributed by atoms with Gasteiger partial charge in [0, 0.05) is 219 Å². The van der Waals surface area contributed by atoms with Crippen LogP contribution in [0.5, 0.6) is 0 Å². The van der Waals surface area contributed by atoms with E-state index in [0.717, 1.165) is 154 Å². The molecule has 0 radical (unpaired) electrons. The molecule has 0 saturated carbocycles. The second-order valence-electron chi connectivity index (χ2n) is 32.8. The standard InChI is InChI=1S/C18H34O7S.C15H13NO.C14H11NO2.2C13H20O2S.C11H14N2O2.C11H22O4S.C9H13NO2.C5H12O2/c1-15(13-26-14-16(23-4)12-22-3)18(20)25-11-10-24-17(19)8-6-5-7-9-21-2;1-2-16-13-9-5-3-7-11(13)15(17)12-8-4-6-10-14(12)16;1-2-15-13(16)10-7-3-5-9-6-4-8-11(12(9)10)14(15)17;2*1-14-10-13(15-2)11-16-9-8-12-6-4-3-5-7-12;1-7-6-10(12-8(2)14)4-5-11(7)13-9(3)15;1-11(2,10(12)15-5)8-16-7-9(14-4)6-13-3;1-11-6-8-4-3-5-9(10-8)7-12-2;1-6-4-3-5-7-2/h15-16H,5-14H2,1-4H3;3-10H,2H2,1H3;3-8H,2H2,1H3;2*3-7,13H,8-11H2,1-2H3;4-6H,1-3H3,(H,12,14)(H,13,15);9H,6-8H2,1-5H3;3-5H,6-7H2,1-2H3;3-5H2,1-2H3. The average Bonchev–Trinajstić information content (AvgIpc) is 0.752. The summed E-state index contributed by atoms with van der Waals surface area (Å²) in [6.07, 6.45) is 6.78. The van der Waals surface area contributed by atoms with E-state index in [1.165, 1.54) is 37.0 Å². The van der Waals surface area contributed by atoms with E-state index in [0.29, 0.717) is 81.8 Å². The highest BCUT2D eigenvalue weighted by atomic mass is 32.2. The van der Waals surface area contributed by atoms with Crippen LogP contribution >= 0.6 is 47.0 Å². The Labute approximate surface area is 860 Å². The van der Waals surface area contributed by atoms with Crippen molar-refractivity contribution in [3.8, 4) is 0 Å². The molecule has 0 bridgehead atoms. The average molecular weight is 2050 g/mol. The van der Waals surface area contributed by atoms with Gasteiger partial charge < -0.3 is 91.0 Å². The number of esters is 3. The van der Waals surface area contributed by atoms with Gasteiger partial charge in [0.15, 0.2) is 5.43 Å². The molecule has 1 aliphatic heterocycles. The van der Waals surface area contributed by atoms with E-state index >= 15 is 0 Å². The van der Waals surface area contributed by atoms with Gasteiger partial charge in [-0.15, -0.1) is 0 Å². The number of nitrogens with one attached hydrogen (secondary N) is 2. The van der Waals surface area contributed by atoms with Crippen molar-refractivity contribution in [3.63, 3.8) is 0 Å². The number of ether oxygens (including phenoxy) is 16. The van der Waals surface area contributed by atoms with Crippen molar-refractivity contribution < 1.29 is 109 Å². The van der Waals surface area contributed by atoms with Gasteiger partial charge in [0.25, 0.3) is 11.8 Å². The lowest BCUT2D eigenvalue weighted by Crippen LogP contribution is -2.39. The van der Waals surface area contributed by atoms with E-state index in [9.17, 15) is 38.4 Å². The minimum Gasteiger partial charge on any atom is -0.469 e. The highest BCUT2D eigenvalue weighted by Crippen LogP contribution is 2.31. The van der Waals surface area contributed by atoms with Crippen molar-refractivity contribution in [3.05, 3.63) is 231 Å². The number of methoxy groups -OCH3 is 14. The Morgan fingerprint density at radius 1 is 0.437 bits per heavy atom. The molecule has 10 rings (SSSR count). The van der Waals surface area contributed by atoms with E-state index < -0.39 is 5.41 Å². The van der Waals surface area contributed by atoms with Crippen molar-refractivity contribution in [1.82, 2.24) is 14.5 Å². The number of unbranched alkanes of at least 4 members (excludes halogenated alkanes) is 2. The van der Waals surface area contributed by atoms with Gasteiger partial charge in [-0.3, -0.25) is 48.2 Å². The Morgan fingerprint density at radius 3 is 1.30 bits per heavy atom. The number of hydrogen-bond acceptors (Lipinski definition) is 29. The van der Waals surface area contributed by atoms with E-state index in [1.54, 1.807) is 140 Å². The molecule has 9 aromatic rings. The number of aromatic nitrogens is 2. The van der Waals surface area contributed by atoms with Crippen LogP contribution in [0.15, 0.2) is 187 Å². The van der Waals surface area contributed by atoms with Gasteiger partial charge in [-0.1, -0.05) is 129 Å². The molecule has 5 unspecified atom stereocenters. The van der Waals surface area contributed by atoms with Crippen molar-refractivity contribution in [1.29, 1.82) is 0 Å². The summed E-state index contributed by atoms with van der Waals surface area (Å²) in [5.41, 5.74) is 10.0. The monoisotopic (exact) mass is 2050 g/mol. The number of para-hydroxylation sites is 2. The maximum atomic E-state index is 12.3. The lowest BCUT2D eigenvalue weighted by Gasteiger charge is -2.25. The van der Waals surface area contributed by atoms with Gasteiger partial charge in [-0.2, -0.15) is 47.0 Å². The summed E-state index contributed by atoms with van der Waals surface area (Å²) in [7, 11) is 23.2. The number of carbonyl (C=O) groups is 7. The minimum atomic E-state index is -0.454. The van der Waals surface area contributed by atoms with Crippen LogP contribution in [-0.2, 0) is 132 Å². The molecule has 7 aromatic carbocycles. The number of fused-ring (bicyclic) bond motifs is 2. The van der Waals surface area contributed by atoms with Crippen LogP contribution in [0.4, 0.5) is 11.4 Å². The first-order chi connectivity index (χ1) is 68.6. The highest BCUT2D eigenvalue weighted by molar-refractivity contribution is 8.00. The molecule has 2 aromatic heterocycles. The van der Waals surface area contributed by atoms with E-state index in [-0.39, 0.29) is 90.5 Å². The molecule has 4 amide bonds. The molecule has 0 fully saturated rings. The number of thioether (sulfide) groups is 4. The number of carbonyl (C=O) groups excluding carboxylic acids is 7. The van der Waals surface area contributed by atoms with Crippen LogP contribution in [0.25, 0.3) is 32.6 Å². The second kappa shape index (κ2) is 80.1. The summed E-state index contributed by atoms with van der Waals surface area (Å²) in [6.45, 7) is 21.6. The van der Waals surface area contributed by atoms with Gasteiger partial charge in [-0.25, -0.2) is 0 Å². The molecule has 0 spiro atoms. The number of nitrogens with zero attached hydrogens (tertiary/aromatic N) is 3. The zero-order chi connectivity index (χ0) is 105. The Balaban J connectivity index is 0.000000547. The molecule has 1 aliphatic rings. The molecule has 3 heterocycles. The summed E-state index contributed by atoms with van der Waals surface area (Å²) in [4.78, 5) is 98.7. The molecular weight excluding hydrogens is 1890 g/mol. The fourth-order valence-corrected chi connectivity index (χ4v) is 17.8. The van der Waals surface area contributed by atoms with Crippen molar-refractivity contribution in [2.75, 3.05) is 222 Å². The first-order valence-corrected chi connectivity index (χ1v) is 52.0. The maximum Gasteiger partial charge on any atom is 0.312 e. The SMILES string of the molecule is CC(=O)Nc1ccc(NC(C)=O)c(C)c1.CCN1C(=O)c2cccc3cccc(c23)C1=O.CCn1c2ccccc2c(=O)c2ccccc21.COCC(CSCC(C)(C)C(=O)OC)OC.COCC(CSCCc1ccccc1)OC.COCC(CSCCc1ccccc1)OC.COCCCCCC(=O)OCCOC(=O)C(C)CSCC(COC)OC.COCCCOC.COCc1cccc(COC)n1. The van der Waals surface area contributed by atoms with Crippen LogP contribution in [-0.4, -0.2) is 292 Å².